The number of carbonyl (C=O) groups is 1. The summed E-state index contributed by atoms with van der Waals surface area (Å²) in [5, 5.41) is 0. The maximum Gasteiger partial charge on any atom is 0.316 e. The summed E-state index contributed by atoms with van der Waals surface area (Å²) in [6.07, 6.45) is 0.355. The number of fused-ring (bicyclic) bond motifs is 2. The van der Waals surface area contributed by atoms with Gasteiger partial charge in [-0.05, 0) is 49.2 Å². The number of benzene rings is 2. The lowest BCUT2D eigenvalue weighted by atomic mass is 10.1. The molecule has 0 aliphatic carbocycles. The van der Waals surface area contributed by atoms with Crippen LogP contribution in [-0.2, 0) is 28.7 Å². The molecule has 0 fully saturated rings. The van der Waals surface area contributed by atoms with Crippen molar-refractivity contribution < 1.29 is 17.9 Å². The van der Waals surface area contributed by atoms with Gasteiger partial charge in [0, 0.05) is 20.5 Å². The minimum atomic E-state index is -3.82. The minimum absolute atomic E-state index is 0.00824. The van der Waals surface area contributed by atoms with Crippen molar-refractivity contribution in [3.63, 3.8) is 0 Å². The summed E-state index contributed by atoms with van der Waals surface area (Å²) in [5.41, 5.74) is 0.942. The number of nitrogens with zero attached hydrogens (tertiary/aromatic N) is 3. The van der Waals surface area contributed by atoms with Crippen molar-refractivity contribution >= 4 is 32.5 Å². The monoisotopic (exact) mass is 485 g/mol. The molecule has 3 aromatic rings. The van der Waals surface area contributed by atoms with E-state index in [1.807, 2.05) is 32.0 Å². The van der Waals surface area contributed by atoms with Crippen molar-refractivity contribution in [3.8, 4) is 5.75 Å². The zero-order valence-electron chi connectivity index (χ0n) is 19.6. The van der Waals surface area contributed by atoms with Gasteiger partial charge in [-0.3, -0.25) is 14.4 Å². The molecular weight excluding hydrogens is 458 g/mol. The number of hydrogen-bond acceptors (Lipinski definition) is 6. The molecule has 9 nitrogen and oxygen atoms in total. The molecule has 1 aliphatic rings. The average Bonchev–Trinajstić information content (AvgIpc) is 2.83. The molecule has 34 heavy (non-hydrogen) atoms. The SMILES string of the molecule is CC[C@@H]1CN(C(=O)CCS(=O)(=O)c2ccc3c(c2)n(C)c(=O)c(=O)n3C)c2cc(C)ccc2O1. The molecule has 0 unspecified atom stereocenters. The van der Waals surface area contributed by atoms with E-state index in [4.69, 9.17) is 4.74 Å². The van der Waals surface area contributed by atoms with Crippen LogP contribution >= 0.6 is 0 Å². The second kappa shape index (κ2) is 8.75. The van der Waals surface area contributed by atoms with Crippen LogP contribution in [0.25, 0.3) is 11.0 Å². The fourth-order valence-electron chi connectivity index (χ4n) is 4.13. The topological polar surface area (TPSA) is 108 Å². The molecule has 1 atom stereocenters. The standard InChI is InChI=1S/C24H27N3O6S/c1-5-16-14-27(20-12-15(2)6-9-21(20)33-16)22(28)10-11-34(31,32)17-7-8-18-19(13-17)26(4)24(30)23(29)25(18)3/h6-9,12-13,16H,5,10-11,14H2,1-4H3/t16-/m1/s1. The van der Waals surface area contributed by atoms with Crippen molar-refractivity contribution in [3.05, 3.63) is 62.7 Å². The summed E-state index contributed by atoms with van der Waals surface area (Å²) in [7, 11) is -0.937. The van der Waals surface area contributed by atoms with E-state index in [0.29, 0.717) is 35.4 Å². The van der Waals surface area contributed by atoms with E-state index in [-0.39, 0.29) is 29.1 Å². The van der Waals surface area contributed by atoms with E-state index in [1.54, 1.807) is 4.90 Å². The molecule has 1 aromatic heterocycles. The molecule has 0 spiro atoms. The van der Waals surface area contributed by atoms with Crippen molar-refractivity contribution in [2.75, 3.05) is 17.2 Å². The van der Waals surface area contributed by atoms with Gasteiger partial charge in [-0.1, -0.05) is 13.0 Å². The normalized spacial score (nSPS) is 15.8. The lowest BCUT2D eigenvalue weighted by Crippen LogP contribution is -2.43. The summed E-state index contributed by atoms with van der Waals surface area (Å²) in [6.45, 7) is 4.25. The molecule has 2 aromatic carbocycles. The third kappa shape index (κ3) is 4.13. The highest BCUT2D eigenvalue weighted by Gasteiger charge is 2.30. The Bertz CT molecular complexity index is 1520. The Hall–Kier alpha value is -3.40. The van der Waals surface area contributed by atoms with E-state index < -0.39 is 21.0 Å². The minimum Gasteiger partial charge on any atom is -0.486 e. The first-order valence-electron chi connectivity index (χ1n) is 11.0. The van der Waals surface area contributed by atoms with Gasteiger partial charge in [-0.2, -0.15) is 0 Å². The second-order valence-corrected chi connectivity index (χ2v) is 10.7. The quantitative estimate of drug-likeness (QED) is 0.511. The number of aryl methyl sites for hydroxylation is 3. The molecule has 0 N–H and O–H groups in total. The number of sulfone groups is 1. The summed E-state index contributed by atoms with van der Waals surface area (Å²) in [5.74, 6) is -0.0690. The van der Waals surface area contributed by atoms with Gasteiger partial charge in [0.15, 0.2) is 9.84 Å². The Morgan fingerprint density at radius 3 is 2.38 bits per heavy atom. The van der Waals surface area contributed by atoms with Crippen molar-refractivity contribution in [2.45, 2.75) is 37.7 Å². The molecule has 2 heterocycles. The molecule has 10 heteroatoms. The Kier molecular flexibility index (Phi) is 6.11. The van der Waals surface area contributed by atoms with E-state index in [9.17, 15) is 22.8 Å². The lowest BCUT2D eigenvalue weighted by molar-refractivity contribution is -0.118. The van der Waals surface area contributed by atoms with Crippen LogP contribution in [0.3, 0.4) is 0 Å². The number of anilines is 1. The van der Waals surface area contributed by atoms with Gasteiger partial charge in [0.05, 0.1) is 33.9 Å². The predicted molar refractivity (Wildman–Crippen MR) is 129 cm³/mol. The number of aromatic nitrogens is 2. The molecule has 4 rings (SSSR count). The Labute approximate surface area is 197 Å². The average molecular weight is 486 g/mol. The van der Waals surface area contributed by atoms with E-state index in [0.717, 1.165) is 10.1 Å². The fraction of sp³-hybridized carbons (Fsp3) is 0.375. The van der Waals surface area contributed by atoms with Gasteiger partial charge in [0.1, 0.15) is 11.9 Å². The Morgan fingerprint density at radius 1 is 1.03 bits per heavy atom. The highest BCUT2D eigenvalue weighted by Crippen LogP contribution is 2.35. The largest absolute Gasteiger partial charge is 0.486 e. The summed E-state index contributed by atoms with van der Waals surface area (Å²) in [6, 6.07) is 9.87. The van der Waals surface area contributed by atoms with Gasteiger partial charge < -0.3 is 18.8 Å². The van der Waals surface area contributed by atoms with Crippen LogP contribution in [0.5, 0.6) is 5.75 Å². The first-order valence-corrected chi connectivity index (χ1v) is 12.7. The number of ether oxygens (including phenoxy) is 1. The fourth-order valence-corrected chi connectivity index (χ4v) is 5.38. The van der Waals surface area contributed by atoms with Crippen LogP contribution in [0.2, 0.25) is 0 Å². The smallest absolute Gasteiger partial charge is 0.316 e. The van der Waals surface area contributed by atoms with E-state index in [1.165, 1.54) is 36.9 Å². The van der Waals surface area contributed by atoms with E-state index >= 15 is 0 Å². The van der Waals surface area contributed by atoms with Crippen molar-refractivity contribution in [1.29, 1.82) is 0 Å². The Balaban J connectivity index is 1.61. The van der Waals surface area contributed by atoms with Crippen LogP contribution < -0.4 is 20.8 Å². The predicted octanol–water partition coefficient (Wildman–Crippen LogP) is 1.91. The van der Waals surface area contributed by atoms with Crippen LogP contribution in [0.4, 0.5) is 5.69 Å². The summed E-state index contributed by atoms with van der Waals surface area (Å²) >= 11 is 0. The van der Waals surface area contributed by atoms with Gasteiger partial charge in [-0.15, -0.1) is 0 Å². The number of carbonyl (C=O) groups excluding carboxylic acids is 1. The molecule has 180 valence electrons. The molecular formula is C24H27N3O6S. The molecule has 0 saturated carbocycles. The highest BCUT2D eigenvalue weighted by atomic mass is 32.2. The van der Waals surface area contributed by atoms with Crippen molar-refractivity contribution in [1.82, 2.24) is 9.13 Å². The number of amides is 1. The highest BCUT2D eigenvalue weighted by molar-refractivity contribution is 7.91. The van der Waals surface area contributed by atoms with Crippen LogP contribution in [0.1, 0.15) is 25.3 Å². The van der Waals surface area contributed by atoms with Gasteiger partial charge >= 0.3 is 11.1 Å². The molecule has 1 amide bonds. The summed E-state index contributed by atoms with van der Waals surface area (Å²) in [4.78, 5) is 38.9. The second-order valence-electron chi connectivity index (χ2n) is 8.57. The van der Waals surface area contributed by atoms with E-state index in [2.05, 4.69) is 0 Å². The molecule has 1 aliphatic heterocycles. The lowest BCUT2D eigenvalue weighted by Gasteiger charge is -2.35. The van der Waals surface area contributed by atoms with Crippen LogP contribution in [0, 0.1) is 6.92 Å². The zero-order valence-corrected chi connectivity index (χ0v) is 20.4. The molecule has 0 saturated heterocycles. The van der Waals surface area contributed by atoms with Gasteiger partial charge in [0.2, 0.25) is 5.91 Å². The number of rotatable bonds is 5. The Morgan fingerprint density at radius 2 is 1.71 bits per heavy atom. The van der Waals surface area contributed by atoms with Gasteiger partial charge in [0.25, 0.3) is 0 Å². The first kappa shape index (κ1) is 23.7. The third-order valence-electron chi connectivity index (χ3n) is 6.25. The summed E-state index contributed by atoms with van der Waals surface area (Å²) < 4.78 is 34.4. The molecule has 0 radical (unpaired) electrons. The number of hydrogen-bond donors (Lipinski definition) is 0. The van der Waals surface area contributed by atoms with Crippen molar-refractivity contribution in [2.24, 2.45) is 14.1 Å². The maximum atomic E-state index is 13.1. The van der Waals surface area contributed by atoms with Crippen LogP contribution in [-0.4, -0.2) is 41.9 Å². The van der Waals surface area contributed by atoms with Gasteiger partial charge in [-0.25, -0.2) is 8.42 Å². The molecule has 0 bridgehead atoms. The van der Waals surface area contributed by atoms with Crippen LogP contribution in [0.15, 0.2) is 50.9 Å². The maximum absolute atomic E-state index is 13.1. The third-order valence-corrected chi connectivity index (χ3v) is 7.96. The first-order chi connectivity index (χ1) is 16.0. The zero-order chi connectivity index (χ0) is 24.8.